The second-order valence-corrected chi connectivity index (χ2v) is 8.84. The van der Waals surface area contributed by atoms with Gasteiger partial charge in [-0.3, -0.25) is 0 Å². The van der Waals surface area contributed by atoms with Gasteiger partial charge in [-0.05, 0) is 76.1 Å². The molecule has 1 aromatic carbocycles. The van der Waals surface area contributed by atoms with Crippen LogP contribution in [0, 0.1) is 11.7 Å². The highest BCUT2D eigenvalue weighted by Gasteiger charge is 2.34. The van der Waals surface area contributed by atoms with Crippen molar-refractivity contribution < 1.29 is 18.7 Å². The second kappa shape index (κ2) is 13.3. The Balaban J connectivity index is 0.00000137. The van der Waals surface area contributed by atoms with Crippen LogP contribution in [-0.4, -0.2) is 48.8 Å². The van der Waals surface area contributed by atoms with Gasteiger partial charge in [0, 0.05) is 18.7 Å². The van der Waals surface area contributed by atoms with Gasteiger partial charge in [0.05, 0.1) is 17.8 Å². The third kappa shape index (κ3) is 7.99. The van der Waals surface area contributed by atoms with E-state index in [9.17, 15) is 9.18 Å². The summed E-state index contributed by atoms with van der Waals surface area (Å²) in [5, 5.41) is 0.0253. The smallest absolute Gasteiger partial charge is 0.410 e. The van der Waals surface area contributed by atoms with Crippen LogP contribution in [0.3, 0.4) is 0 Å². The number of amides is 1. The number of halogens is 2. The van der Waals surface area contributed by atoms with Crippen molar-refractivity contribution in [2.24, 2.45) is 11.7 Å². The molecule has 0 unspecified atom stereocenters. The van der Waals surface area contributed by atoms with Crippen molar-refractivity contribution in [2.45, 2.75) is 46.6 Å². The number of hydrogen-bond acceptors (Lipinski definition) is 5. The largest absolute Gasteiger partial charge is 0.494 e. The molecule has 1 fully saturated rings. The van der Waals surface area contributed by atoms with Gasteiger partial charge >= 0.3 is 6.09 Å². The van der Waals surface area contributed by atoms with Crippen LogP contribution >= 0.6 is 11.6 Å². The number of likely N-dealkylation sites (tertiary alicyclic amines) is 1. The van der Waals surface area contributed by atoms with Gasteiger partial charge in [-0.25, -0.2) is 14.2 Å². The first-order valence-electron chi connectivity index (χ1n) is 11.3. The summed E-state index contributed by atoms with van der Waals surface area (Å²) in [6.45, 7) is 15.0. The Morgan fingerprint density at radius 2 is 1.85 bits per heavy atom. The molecule has 0 radical (unpaired) electrons. The molecule has 6 nitrogen and oxygen atoms in total. The molecule has 1 aliphatic rings. The molecular formula is C26H37ClFN3O3. The predicted molar refractivity (Wildman–Crippen MR) is 138 cm³/mol. The van der Waals surface area contributed by atoms with Crippen LogP contribution in [-0.2, 0) is 4.74 Å². The van der Waals surface area contributed by atoms with E-state index in [1.165, 1.54) is 19.2 Å². The summed E-state index contributed by atoms with van der Waals surface area (Å²) >= 11 is 5.93. The molecule has 2 heterocycles. The molecule has 0 aliphatic carbocycles. The van der Waals surface area contributed by atoms with Gasteiger partial charge < -0.3 is 20.1 Å². The van der Waals surface area contributed by atoms with E-state index in [4.69, 9.17) is 21.1 Å². The normalized spacial score (nSPS) is 12.9. The van der Waals surface area contributed by atoms with Crippen molar-refractivity contribution >= 4 is 23.3 Å². The highest BCUT2D eigenvalue weighted by Crippen LogP contribution is 2.34. The van der Waals surface area contributed by atoms with Crippen LogP contribution in [0.4, 0.5) is 9.18 Å². The Labute approximate surface area is 207 Å². The number of carbonyl (C=O) groups is 1. The zero-order valence-electron chi connectivity index (χ0n) is 21.2. The van der Waals surface area contributed by atoms with Crippen molar-refractivity contribution in [1.29, 1.82) is 0 Å². The number of rotatable bonds is 5. The van der Waals surface area contributed by atoms with E-state index in [1.807, 2.05) is 46.8 Å². The Morgan fingerprint density at radius 3 is 2.38 bits per heavy atom. The molecule has 3 rings (SSSR count). The number of allylic oxidation sites excluding steroid dienone is 1. The van der Waals surface area contributed by atoms with Gasteiger partial charge in [-0.2, -0.15) is 0 Å². The fraction of sp³-hybridized carbons (Fsp3) is 0.462. The van der Waals surface area contributed by atoms with Crippen molar-refractivity contribution in [3.63, 3.8) is 0 Å². The summed E-state index contributed by atoms with van der Waals surface area (Å²) in [7, 11) is 3.06. The molecule has 1 saturated heterocycles. The van der Waals surface area contributed by atoms with Crippen LogP contribution in [0.15, 0.2) is 36.9 Å². The molecule has 0 spiro atoms. The van der Waals surface area contributed by atoms with Crippen LogP contribution in [0.25, 0.3) is 16.8 Å². The van der Waals surface area contributed by atoms with Crippen LogP contribution in [0.5, 0.6) is 5.75 Å². The molecule has 0 bridgehead atoms. The van der Waals surface area contributed by atoms with Crippen molar-refractivity contribution in [3.05, 3.63) is 53.4 Å². The number of hydrogen-bond donors (Lipinski definition) is 1. The minimum atomic E-state index is -0.502. The first-order valence-corrected chi connectivity index (χ1v) is 11.7. The Morgan fingerprint density at radius 1 is 1.24 bits per heavy atom. The summed E-state index contributed by atoms with van der Waals surface area (Å²) in [6, 6.07) is 8.11. The average Bonchev–Trinajstić information content (AvgIpc) is 2.78. The lowest BCUT2D eigenvalue weighted by molar-refractivity contribution is -0.000231. The molecule has 2 N–H and O–H groups in total. The van der Waals surface area contributed by atoms with Gasteiger partial charge in [-0.15, -0.1) is 0 Å². The molecular weight excluding hydrogens is 457 g/mol. The van der Waals surface area contributed by atoms with E-state index in [2.05, 4.69) is 17.3 Å². The molecule has 34 heavy (non-hydrogen) atoms. The minimum Gasteiger partial charge on any atom is -0.494 e. The molecule has 188 valence electrons. The van der Waals surface area contributed by atoms with Crippen molar-refractivity contribution in [3.8, 4) is 17.0 Å². The first kappa shape index (κ1) is 29.4. The maximum Gasteiger partial charge on any atom is 0.410 e. The minimum absolute atomic E-state index is 0.0253. The second-order valence-electron chi connectivity index (χ2n) is 8.44. The zero-order chi connectivity index (χ0) is 26.1. The fourth-order valence-corrected chi connectivity index (χ4v) is 3.47. The van der Waals surface area contributed by atoms with Gasteiger partial charge in [0.15, 0.2) is 0 Å². The summed E-state index contributed by atoms with van der Waals surface area (Å²) in [5.74, 6) is 0.381. The Kier molecular flexibility index (Phi) is 11.5. The van der Waals surface area contributed by atoms with Gasteiger partial charge in [0.25, 0.3) is 0 Å². The fourth-order valence-electron chi connectivity index (χ4n) is 3.29. The predicted octanol–water partition coefficient (Wildman–Crippen LogP) is 6.42. The summed E-state index contributed by atoms with van der Waals surface area (Å²) in [5.41, 5.74) is 6.82. The lowest BCUT2D eigenvalue weighted by Crippen LogP contribution is -2.51. The Hall–Kier alpha value is -2.64. The number of nitrogens with zero attached hydrogens (tertiary/aromatic N) is 2. The van der Waals surface area contributed by atoms with Crippen LogP contribution in [0.1, 0.15) is 46.7 Å². The molecule has 1 aromatic heterocycles. The van der Waals surface area contributed by atoms with Gasteiger partial charge in [-0.1, -0.05) is 32.0 Å². The highest BCUT2D eigenvalue weighted by atomic mass is 35.5. The monoisotopic (exact) mass is 493 g/mol. The SMILES string of the molecule is C=C(CC1CN(C(=O)OC(C)(C)C)C1)c1ccc(OC)c(-c2ccc(F)c(Cl)c2)n1.CC.CN. The number of benzene rings is 1. The molecule has 2 aromatic rings. The average molecular weight is 494 g/mol. The number of ether oxygens (including phenoxy) is 2. The highest BCUT2D eigenvalue weighted by molar-refractivity contribution is 6.31. The van der Waals surface area contributed by atoms with Gasteiger partial charge in [0.1, 0.15) is 22.9 Å². The van der Waals surface area contributed by atoms with E-state index >= 15 is 0 Å². The van der Waals surface area contributed by atoms with E-state index in [1.54, 1.807) is 18.1 Å². The molecule has 0 saturated carbocycles. The Bertz CT molecular complexity index is 970. The number of pyridine rings is 1. The summed E-state index contributed by atoms with van der Waals surface area (Å²) in [6.07, 6.45) is 0.421. The maximum absolute atomic E-state index is 13.5. The quantitative estimate of drug-likeness (QED) is 0.519. The lowest BCUT2D eigenvalue weighted by Gasteiger charge is -2.40. The third-order valence-corrected chi connectivity index (χ3v) is 5.07. The molecule has 8 heteroatoms. The van der Waals surface area contributed by atoms with E-state index in [0.29, 0.717) is 42.4 Å². The van der Waals surface area contributed by atoms with Crippen molar-refractivity contribution in [2.75, 3.05) is 27.2 Å². The summed E-state index contributed by atoms with van der Waals surface area (Å²) in [4.78, 5) is 18.5. The third-order valence-electron chi connectivity index (χ3n) is 4.78. The summed E-state index contributed by atoms with van der Waals surface area (Å²) < 4.78 is 24.3. The number of aromatic nitrogens is 1. The van der Waals surface area contributed by atoms with E-state index < -0.39 is 11.4 Å². The first-order chi connectivity index (χ1) is 16.1. The van der Waals surface area contributed by atoms with E-state index in [-0.39, 0.29) is 11.1 Å². The van der Waals surface area contributed by atoms with E-state index in [0.717, 1.165) is 11.3 Å². The standard InChI is InChI=1S/C23H26ClFN2O3.C2H6.CH5N/c1-14(10-15-12-27(13-15)22(28)30-23(2,3)4)19-8-9-20(29-5)21(26-19)16-6-7-18(25)17(24)11-16;2*1-2/h6-9,11,15H,1,10,12-13H2,2-5H3;1-2H3;2H2,1H3. The number of carbonyl (C=O) groups excluding carboxylic acids is 1. The maximum atomic E-state index is 13.5. The molecule has 0 atom stereocenters. The van der Waals surface area contributed by atoms with Crippen LogP contribution in [0.2, 0.25) is 5.02 Å². The topological polar surface area (TPSA) is 77.7 Å². The van der Waals surface area contributed by atoms with Gasteiger partial charge in [0.2, 0.25) is 0 Å². The zero-order valence-corrected chi connectivity index (χ0v) is 22.0. The number of nitrogens with two attached hydrogens (primary N) is 1. The molecule has 1 amide bonds. The van der Waals surface area contributed by atoms with Crippen LogP contribution < -0.4 is 10.5 Å². The number of methoxy groups -OCH3 is 1. The van der Waals surface area contributed by atoms with Crippen molar-refractivity contribution in [1.82, 2.24) is 9.88 Å². The lowest BCUT2D eigenvalue weighted by atomic mass is 9.91. The molecule has 1 aliphatic heterocycles.